The number of nitrogens with zero attached hydrogens (tertiary/aromatic N) is 1. The summed E-state index contributed by atoms with van der Waals surface area (Å²) >= 11 is 3.29. The van der Waals surface area contributed by atoms with Crippen LogP contribution in [0.4, 0.5) is 0 Å². The molecule has 0 aromatic carbocycles. The molecule has 0 bridgehead atoms. The minimum atomic E-state index is -0.0870. The smallest absolute Gasteiger partial charge is 0.269 e. The second kappa shape index (κ2) is 9.09. The maximum absolute atomic E-state index is 11.7. The van der Waals surface area contributed by atoms with Crippen LogP contribution in [-0.2, 0) is 0 Å². The summed E-state index contributed by atoms with van der Waals surface area (Å²) in [5.41, 5.74) is 0.476. The van der Waals surface area contributed by atoms with Gasteiger partial charge in [0.05, 0.1) is 0 Å². The SMILES string of the molecule is CCCCCCCCNC(=O)c1ccc(Br)cn1. The number of halogens is 1. The Morgan fingerprint density at radius 2 is 1.94 bits per heavy atom. The summed E-state index contributed by atoms with van der Waals surface area (Å²) in [5, 5.41) is 2.89. The van der Waals surface area contributed by atoms with Crippen LogP contribution in [0, 0.1) is 0 Å². The lowest BCUT2D eigenvalue weighted by molar-refractivity contribution is 0.0948. The summed E-state index contributed by atoms with van der Waals surface area (Å²) in [4.78, 5) is 15.8. The van der Waals surface area contributed by atoms with Crippen molar-refractivity contribution in [3.63, 3.8) is 0 Å². The normalized spacial score (nSPS) is 10.3. The third-order valence-electron chi connectivity index (χ3n) is 2.78. The molecule has 1 aromatic heterocycles. The highest BCUT2D eigenvalue weighted by atomic mass is 79.9. The number of amides is 1. The summed E-state index contributed by atoms with van der Waals surface area (Å²) in [6.45, 7) is 2.95. The van der Waals surface area contributed by atoms with Gasteiger partial charge in [-0.05, 0) is 34.5 Å². The van der Waals surface area contributed by atoms with Gasteiger partial charge in [0.1, 0.15) is 5.69 Å². The molecule has 4 heteroatoms. The first-order chi connectivity index (χ1) is 8.74. The molecule has 0 saturated carbocycles. The van der Waals surface area contributed by atoms with Crippen LogP contribution in [0.5, 0.6) is 0 Å². The molecule has 0 aliphatic heterocycles. The highest BCUT2D eigenvalue weighted by Crippen LogP contribution is 2.07. The fourth-order valence-corrected chi connectivity index (χ4v) is 1.94. The lowest BCUT2D eigenvalue weighted by Crippen LogP contribution is -2.25. The molecule has 1 amide bonds. The van der Waals surface area contributed by atoms with Gasteiger partial charge >= 0.3 is 0 Å². The van der Waals surface area contributed by atoms with Gasteiger partial charge in [-0.3, -0.25) is 4.79 Å². The molecule has 0 unspecified atom stereocenters. The third kappa shape index (κ3) is 6.15. The van der Waals surface area contributed by atoms with Crippen LogP contribution in [0.1, 0.15) is 55.9 Å². The lowest BCUT2D eigenvalue weighted by atomic mass is 10.1. The maximum atomic E-state index is 11.7. The van der Waals surface area contributed by atoms with Crippen LogP contribution in [0.2, 0.25) is 0 Å². The number of carbonyl (C=O) groups is 1. The van der Waals surface area contributed by atoms with Gasteiger partial charge in [-0.2, -0.15) is 0 Å². The maximum Gasteiger partial charge on any atom is 0.269 e. The van der Waals surface area contributed by atoms with E-state index in [1.54, 1.807) is 12.3 Å². The van der Waals surface area contributed by atoms with Crippen molar-refractivity contribution in [2.24, 2.45) is 0 Å². The zero-order valence-corrected chi connectivity index (χ0v) is 12.5. The lowest BCUT2D eigenvalue weighted by Gasteiger charge is -2.04. The highest BCUT2D eigenvalue weighted by Gasteiger charge is 2.05. The Morgan fingerprint density at radius 1 is 1.22 bits per heavy atom. The number of rotatable bonds is 8. The highest BCUT2D eigenvalue weighted by molar-refractivity contribution is 9.10. The monoisotopic (exact) mass is 312 g/mol. The van der Waals surface area contributed by atoms with E-state index in [4.69, 9.17) is 0 Å². The summed E-state index contributed by atoms with van der Waals surface area (Å²) in [6.07, 6.45) is 9.03. The molecule has 0 atom stereocenters. The van der Waals surface area contributed by atoms with Gasteiger partial charge in [0.2, 0.25) is 0 Å². The number of nitrogens with one attached hydrogen (secondary N) is 1. The van der Waals surface area contributed by atoms with Gasteiger partial charge in [0.25, 0.3) is 5.91 Å². The molecule has 3 nitrogen and oxygen atoms in total. The van der Waals surface area contributed by atoms with Crippen molar-refractivity contribution in [3.8, 4) is 0 Å². The number of aromatic nitrogens is 1. The van der Waals surface area contributed by atoms with Crippen LogP contribution in [0.15, 0.2) is 22.8 Å². The quantitative estimate of drug-likeness (QED) is 0.739. The molecule has 0 radical (unpaired) electrons. The molecule has 0 aliphatic carbocycles. The predicted octanol–water partition coefficient (Wildman–Crippen LogP) is 3.93. The average molecular weight is 313 g/mol. The van der Waals surface area contributed by atoms with E-state index < -0.39 is 0 Å². The van der Waals surface area contributed by atoms with E-state index in [0.717, 1.165) is 17.4 Å². The van der Waals surface area contributed by atoms with Crippen molar-refractivity contribution >= 4 is 21.8 Å². The topological polar surface area (TPSA) is 42.0 Å². The summed E-state index contributed by atoms with van der Waals surface area (Å²) in [5.74, 6) is -0.0870. The van der Waals surface area contributed by atoms with E-state index in [-0.39, 0.29) is 5.91 Å². The zero-order valence-electron chi connectivity index (χ0n) is 10.9. The minimum absolute atomic E-state index is 0.0870. The molecule has 18 heavy (non-hydrogen) atoms. The van der Waals surface area contributed by atoms with Gasteiger partial charge in [0, 0.05) is 17.2 Å². The molecule has 1 aromatic rings. The van der Waals surface area contributed by atoms with Crippen molar-refractivity contribution < 1.29 is 4.79 Å². The number of unbranched alkanes of at least 4 members (excludes halogenated alkanes) is 5. The van der Waals surface area contributed by atoms with E-state index in [1.165, 1.54) is 32.1 Å². The number of pyridine rings is 1. The molecule has 0 saturated heterocycles. The van der Waals surface area contributed by atoms with Crippen molar-refractivity contribution in [2.75, 3.05) is 6.54 Å². The second-order valence-corrected chi connectivity index (χ2v) is 5.30. The third-order valence-corrected chi connectivity index (χ3v) is 3.24. The van der Waals surface area contributed by atoms with Crippen molar-refractivity contribution in [1.82, 2.24) is 10.3 Å². The van der Waals surface area contributed by atoms with Crippen LogP contribution in [0.3, 0.4) is 0 Å². The Bertz CT molecular complexity index is 351. The first kappa shape index (κ1) is 15.2. The molecule has 1 rings (SSSR count). The summed E-state index contributed by atoms with van der Waals surface area (Å²) in [6, 6.07) is 3.55. The van der Waals surface area contributed by atoms with E-state index in [2.05, 4.69) is 33.2 Å². The van der Waals surface area contributed by atoms with Gasteiger partial charge in [-0.15, -0.1) is 0 Å². The Morgan fingerprint density at radius 3 is 2.61 bits per heavy atom. The van der Waals surface area contributed by atoms with Crippen LogP contribution in [-0.4, -0.2) is 17.4 Å². The fraction of sp³-hybridized carbons (Fsp3) is 0.571. The van der Waals surface area contributed by atoms with Gasteiger partial charge < -0.3 is 5.32 Å². The average Bonchev–Trinajstić information content (AvgIpc) is 2.38. The Kier molecular flexibility index (Phi) is 7.65. The molecule has 1 N–H and O–H groups in total. The van der Waals surface area contributed by atoms with Gasteiger partial charge in [0.15, 0.2) is 0 Å². The molecular weight excluding hydrogens is 292 g/mol. The van der Waals surface area contributed by atoms with Crippen LogP contribution >= 0.6 is 15.9 Å². The largest absolute Gasteiger partial charge is 0.351 e. The van der Waals surface area contributed by atoms with Crippen molar-refractivity contribution in [3.05, 3.63) is 28.5 Å². The van der Waals surface area contributed by atoms with Gasteiger partial charge in [-0.25, -0.2) is 4.98 Å². The van der Waals surface area contributed by atoms with E-state index in [1.807, 2.05) is 6.07 Å². The van der Waals surface area contributed by atoms with Crippen LogP contribution in [0.25, 0.3) is 0 Å². The first-order valence-corrected chi connectivity index (χ1v) is 7.43. The van der Waals surface area contributed by atoms with E-state index in [0.29, 0.717) is 5.69 Å². The zero-order chi connectivity index (χ0) is 13.2. The summed E-state index contributed by atoms with van der Waals surface area (Å²) < 4.78 is 0.884. The molecule has 0 spiro atoms. The molecular formula is C14H21BrN2O. The Labute approximate surface area is 118 Å². The molecule has 0 fully saturated rings. The number of hydrogen-bond donors (Lipinski definition) is 1. The standard InChI is InChI=1S/C14H21BrN2O/c1-2-3-4-5-6-7-10-16-14(18)13-9-8-12(15)11-17-13/h8-9,11H,2-7,10H2,1H3,(H,16,18). The fourth-order valence-electron chi connectivity index (χ4n) is 1.71. The predicted molar refractivity (Wildman–Crippen MR) is 77.6 cm³/mol. The number of hydrogen-bond acceptors (Lipinski definition) is 2. The Hall–Kier alpha value is -0.900. The van der Waals surface area contributed by atoms with E-state index in [9.17, 15) is 4.79 Å². The second-order valence-electron chi connectivity index (χ2n) is 4.39. The molecule has 0 aliphatic rings. The van der Waals surface area contributed by atoms with Gasteiger partial charge in [-0.1, -0.05) is 39.0 Å². The minimum Gasteiger partial charge on any atom is -0.351 e. The molecule has 1 heterocycles. The molecule has 100 valence electrons. The first-order valence-electron chi connectivity index (χ1n) is 6.63. The van der Waals surface area contributed by atoms with Crippen molar-refractivity contribution in [1.29, 1.82) is 0 Å². The van der Waals surface area contributed by atoms with Crippen LogP contribution < -0.4 is 5.32 Å². The number of carbonyl (C=O) groups excluding carboxylic acids is 1. The van der Waals surface area contributed by atoms with Crippen molar-refractivity contribution in [2.45, 2.75) is 45.4 Å². The summed E-state index contributed by atoms with van der Waals surface area (Å²) in [7, 11) is 0. The Balaban J connectivity index is 2.12. The van der Waals surface area contributed by atoms with E-state index >= 15 is 0 Å².